The fourth-order valence-corrected chi connectivity index (χ4v) is 4.99. The van der Waals surface area contributed by atoms with E-state index in [0.29, 0.717) is 22.7 Å². The lowest BCUT2D eigenvalue weighted by Crippen LogP contribution is -2.45. The quantitative estimate of drug-likeness (QED) is 0.731. The highest BCUT2D eigenvalue weighted by molar-refractivity contribution is 9.10. The van der Waals surface area contributed by atoms with Crippen LogP contribution in [0.1, 0.15) is 32.1 Å². The van der Waals surface area contributed by atoms with Crippen LogP contribution >= 0.6 is 28.3 Å². The van der Waals surface area contributed by atoms with Gasteiger partial charge >= 0.3 is 0 Å². The van der Waals surface area contributed by atoms with E-state index in [9.17, 15) is 8.42 Å². The molecule has 1 aliphatic carbocycles. The highest BCUT2D eigenvalue weighted by Crippen LogP contribution is 2.29. The van der Waals surface area contributed by atoms with E-state index in [1.807, 2.05) is 0 Å². The first kappa shape index (κ1) is 20.7. The van der Waals surface area contributed by atoms with E-state index in [2.05, 4.69) is 20.7 Å². The first-order valence-electron chi connectivity index (χ1n) is 7.54. The Bertz CT molecular complexity index is 607. The molecular formula is C15H24BrClN2O3S. The standard InChI is InChI=1S/C15H23BrN2O3S.ClH/c1-21-15-8-7-12(9-13(15)16)22(19,20)18-14(10-17)11-5-3-2-4-6-11;/h7-9,11,14,18H,2-6,10,17H2,1H3;1H. The minimum Gasteiger partial charge on any atom is -0.496 e. The first-order valence-corrected chi connectivity index (χ1v) is 9.81. The van der Waals surface area contributed by atoms with Crippen molar-refractivity contribution in [3.05, 3.63) is 22.7 Å². The molecule has 1 fully saturated rings. The molecule has 132 valence electrons. The van der Waals surface area contributed by atoms with Gasteiger partial charge in [0, 0.05) is 12.6 Å². The van der Waals surface area contributed by atoms with Crippen LogP contribution in [-0.4, -0.2) is 28.1 Å². The van der Waals surface area contributed by atoms with Gasteiger partial charge in [0.1, 0.15) is 5.75 Å². The summed E-state index contributed by atoms with van der Waals surface area (Å²) in [5.74, 6) is 0.928. The zero-order valence-corrected chi connectivity index (χ0v) is 16.3. The lowest BCUT2D eigenvalue weighted by Gasteiger charge is -2.29. The zero-order valence-electron chi connectivity index (χ0n) is 13.1. The summed E-state index contributed by atoms with van der Waals surface area (Å²) in [6.07, 6.45) is 5.60. The maximum Gasteiger partial charge on any atom is 0.240 e. The highest BCUT2D eigenvalue weighted by Gasteiger charge is 2.27. The number of rotatable bonds is 6. The van der Waals surface area contributed by atoms with E-state index < -0.39 is 10.0 Å². The third-order valence-corrected chi connectivity index (χ3v) is 6.32. The molecule has 0 radical (unpaired) electrons. The van der Waals surface area contributed by atoms with Crippen molar-refractivity contribution in [3.63, 3.8) is 0 Å². The van der Waals surface area contributed by atoms with Gasteiger partial charge in [-0.2, -0.15) is 0 Å². The van der Waals surface area contributed by atoms with Gasteiger partial charge in [-0.3, -0.25) is 0 Å². The number of sulfonamides is 1. The number of methoxy groups -OCH3 is 1. The van der Waals surface area contributed by atoms with Gasteiger partial charge in [-0.15, -0.1) is 12.4 Å². The van der Waals surface area contributed by atoms with Gasteiger partial charge in [0.15, 0.2) is 0 Å². The Morgan fingerprint density at radius 3 is 2.52 bits per heavy atom. The molecule has 0 bridgehead atoms. The van der Waals surface area contributed by atoms with Crippen LogP contribution in [0.5, 0.6) is 5.75 Å². The Labute approximate surface area is 152 Å². The van der Waals surface area contributed by atoms with Crippen molar-refractivity contribution >= 4 is 38.4 Å². The molecule has 3 N–H and O–H groups in total. The monoisotopic (exact) mass is 426 g/mol. The maximum absolute atomic E-state index is 12.6. The molecule has 0 amide bonds. The predicted octanol–water partition coefficient (Wildman–Crippen LogP) is 3.07. The molecule has 1 aromatic rings. The average molecular weight is 428 g/mol. The van der Waals surface area contributed by atoms with Crippen LogP contribution in [0, 0.1) is 5.92 Å². The number of ether oxygens (including phenoxy) is 1. The normalized spacial score (nSPS) is 17.3. The van der Waals surface area contributed by atoms with Crippen molar-refractivity contribution in [2.24, 2.45) is 11.7 Å². The molecule has 1 unspecified atom stereocenters. The predicted molar refractivity (Wildman–Crippen MR) is 97.7 cm³/mol. The SMILES string of the molecule is COc1ccc(S(=O)(=O)NC(CN)C2CCCCC2)cc1Br.Cl. The van der Waals surface area contributed by atoms with Crippen LogP contribution in [0.3, 0.4) is 0 Å². The fraction of sp³-hybridized carbons (Fsp3) is 0.600. The summed E-state index contributed by atoms with van der Waals surface area (Å²) in [7, 11) is -2.04. The number of hydrogen-bond donors (Lipinski definition) is 2. The summed E-state index contributed by atoms with van der Waals surface area (Å²) in [4.78, 5) is 0.217. The van der Waals surface area contributed by atoms with Crippen molar-refractivity contribution in [1.29, 1.82) is 0 Å². The molecule has 0 saturated heterocycles. The van der Waals surface area contributed by atoms with Gasteiger partial charge in [0.2, 0.25) is 10.0 Å². The first-order chi connectivity index (χ1) is 10.5. The second-order valence-corrected chi connectivity index (χ2v) is 8.23. The molecule has 0 aromatic heterocycles. The largest absolute Gasteiger partial charge is 0.496 e. The zero-order chi connectivity index (χ0) is 16.2. The van der Waals surface area contributed by atoms with Gasteiger partial charge in [-0.25, -0.2) is 13.1 Å². The summed E-state index contributed by atoms with van der Waals surface area (Å²) in [6.45, 7) is 0.321. The molecule has 1 saturated carbocycles. The lowest BCUT2D eigenvalue weighted by atomic mass is 9.84. The Kier molecular flexibility index (Phi) is 8.30. The van der Waals surface area contributed by atoms with E-state index in [0.717, 1.165) is 25.7 Å². The summed E-state index contributed by atoms with van der Waals surface area (Å²) >= 11 is 3.32. The number of nitrogens with two attached hydrogens (primary N) is 1. The smallest absolute Gasteiger partial charge is 0.240 e. The molecule has 0 heterocycles. The summed E-state index contributed by atoms with van der Waals surface area (Å²) in [5.41, 5.74) is 5.81. The molecule has 1 atom stereocenters. The molecule has 0 spiro atoms. The fourth-order valence-electron chi connectivity index (χ4n) is 2.95. The van der Waals surface area contributed by atoms with Crippen LogP contribution < -0.4 is 15.2 Å². The van der Waals surface area contributed by atoms with Crippen LogP contribution in [0.15, 0.2) is 27.6 Å². The minimum atomic E-state index is -3.58. The average Bonchev–Trinajstić information content (AvgIpc) is 2.53. The second-order valence-electron chi connectivity index (χ2n) is 5.66. The van der Waals surface area contributed by atoms with E-state index in [1.165, 1.54) is 6.42 Å². The number of nitrogens with one attached hydrogen (secondary N) is 1. The topological polar surface area (TPSA) is 81.4 Å². The van der Waals surface area contributed by atoms with E-state index in [4.69, 9.17) is 10.5 Å². The molecule has 23 heavy (non-hydrogen) atoms. The van der Waals surface area contributed by atoms with Crippen molar-refractivity contribution in [2.45, 2.75) is 43.0 Å². The van der Waals surface area contributed by atoms with E-state index in [-0.39, 0.29) is 23.3 Å². The number of hydrogen-bond acceptors (Lipinski definition) is 4. The Morgan fingerprint density at radius 1 is 1.35 bits per heavy atom. The van der Waals surface area contributed by atoms with E-state index in [1.54, 1.807) is 25.3 Å². The lowest BCUT2D eigenvalue weighted by molar-refractivity contribution is 0.294. The van der Waals surface area contributed by atoms with Crippen molar-refractivity contribution < 1.29 is 13.2 Å². The Hall–Kier alpha value is -0.340. The molecule has 0 aliphatic heterocycles. The number of benzene rings is 1. The van der Waals surface area contributed by atoms with Gasteiger partial charge < -0.3 is 10.5 Å². The second kappa shape index (κ2) is 9.22. The molecule has 5 nitrogen and oxygen atoms in total. The third kappa shape index (κ3) is 5.32. The van der Waals surface area contributed by atoms with Crippen LogP contribution in [0.2, 0.25) is 0 Å². The number of halogens is 2. The summed E-state index contributed by atoms with van der Waals surface area (Å²) < 4.78 is 33.7. The van der Waals surface area contributed by atoms with Crippen molar-refractivity contribution in [3.8, 4) is 5.75 Å². The highest BCUT2D eigenvalue weighted by atomic mass is 79.9. The van der Waals surface area contributed by atoms with Crippen LogP contribution in [0.25, 0.3) is 0 Å². The van der Waals surface area contributed by atoms with E-state index >= 15 is 0 Å². The Morgan fingerprint density at radius 2 is 2.00 bits per heavy atom. The van der Waals surface area contributed by atoms with Crippen molar-refractivity contribution in [1.82, 2.24) is 4.72 Å². The Balaban J connectivity index is 0.00000264. The van der Waals surface area contributed by atoms with Gasteiger partial charge in [0.25, 0.3) is 0 Å². The summed E-state index contributed by atoms with van der Waals surface area (Å²) in [5, 5.41) is 0. The molecule has 8 heteroatoms. The molecule has 1 aliphatic rings. The van der Waals surface area contributed by atoms with Crippen LogP contribution in [0.4, 0.5) is 0 Å². The summed E-state index contributed by atoms with van der Waals surface area (Å²) in [6, 6.07) is 4.53. The van der Waals surface area contributed by atoms with Gasteiger partial charge in [-0.05, 0) is 52.9 Å². The van der Waals surface area contributed by atoms with Crippen LogP contribution in [-0.2, 0) is 10.0 Å². The van der Waals surface area contributed by atoms with Crippen molar-refractivity contribution in [2.75, 3.05) is 13.7 Å². The minimum absolute atomic E-state index is 0. The molecule has 2 rings (SSSR count). The molecule has 1 aromatic carbocycles. The van der Waals surface area contributed by atoms with Gasteiger partial charge in [0.05, 0.1) is 16.5 Å². The molecular weight excluding hydrogens is 404 g/mol. The third-order valence-electron chi connectivity index (χ3n) is 4.21. The maximum atomic E-state index is 12.6. The van der Waals surface area contributed by atoms with Gasteiger partial charge in [-0.1, -0.05) is 19.3 Å².